The van der Waals surface area contributed by atoms with Gasteiger partial charge >= 0.3 is 6.36 Å². The van der Waals surface area contributed by atoms with Gasteiger partial charge in [0.05, 0.1) is 5.69 Å². The van der Waals surface area contributed by atoms with Crippen LogP contribution in [-0.4, -0.2) is 21.1 Å². The van der Waals surface area contributed by atoms with E-state index in [0.717, 1.165) is 5.69 Å². The number of aromatic nitrogens is 3. The van der Waals surface area contributed by atoms with Crippen LogP contribution in [0.15, 0.2) is 73.1 Å². The summed E-state index contributed by atoms with van der Waals surface area (Å²) in [5.41, 5.74) is 4.11. The van der Waals surface area contributed by atoms with Crippen molar-refractivity contribution in [2.45, 2.75) is 12.5 Å². The topological polar surface area (TPSA) is 70.4 Å². The average molecular weight is 390 g/mol. The molecule has 1 aliphatic rings. The van der Waals surface area contributed by atoms with E-state index in [9.17, 15) is 13.2 Å². The molecule has 0 fully saturated rings. The first-order valence-corrected chi connectivity index (χ1v) is 8.08. The smallest absolute Gasteiger partial charge is 0.439 e. The normalized spacial score (nSPS) is 16.4. The molecule has 4 rings (SSSR count). The lowest BCUT2D eigenvalue weighted by atomic mass is 10.1. The van der Waals surface area contributed by atoms with Crippen LogP contribution in [0.5, 0.6) is 11.5 Å². The van der Waals surface area contributed by atoms with Crippen LogP contribution in [0.3, 0.4) is 0 Å². The van der Waals surface area contributed by atoms with E-state index in [0.29, 0.717) is 17.2 Å². The van der Waals surface area contributed by atoms with E-state index in [1.54, 1.807) is 35.4 Å². The zero-order valence-corrected chi connectivity index (χ0v) is 14.1. The van der Waals surface area contributed by atoms with Crippen LogP contribution in [0.4, 0.5) is 13.2 Å². The summed E-state index contributed by atoms with van der Waals surface area (Å²) in [6.07, 6.45) is -0.439. The Morgan fingerprint density at radius 3 is 2.46 bits per heavy atom. The van der Waals surface area contributed by atoms with Crippen molar-refractivity contribution in [2.24, 2.45) is 0 Å². The van der Waals surface area contributed by atoms with Gasteiger partial charge in [-0.05, 0) is 29.8 Å². The molecular weight excluding hydrogens is 377 g/mol. The Labute approximate surface area is 156 Å². The van der Waals surface area contributed by atoms with Crippen LogP contribution in [-0.2, 0) is 4.84 Å². The summed E-state index contributed by atoms with van der Waals surface area (Å²) >= 11 is 0. The SMILES string of the molecule is FC(F)(F)Oc1ccc([C@H]2C=C(Oc3cccc(-n4cnnc4)c3)NO2)cc1. The summed E-state index contributed by atoms with van der Waals surface area (Å²) in [6, 6.07) is 12.7. The molecule has 1 atom stereocenters. The van der Waals surface area contributed by atoms with Crippen molar-refractivity contribution in [1.82, 2.24) is 20.2 Å². The Balaban J connectivity index is 1.44. The highest BCUT2D eigenvalue weighted by atomic mass is 19.4. The Kier molecular flexibility index (Phi) is 4.62. The van der Waals surface area contributed by atoms with Crippen molar-refractivity contribution in [3.63, 3.8) is 0 Å². The molecule has 7 nitrogen and oxygen atoms in total. The van der Waals surface area contributed by atoms with Gasteiger partial charge in [0.15, 0.2) is 0 Å². The van der Waals surface area contributed by atoms with Gasteiger partial charge in [-0.2, -0.15) is 0 Å². The number of alkyl halides is 3. The first-order valence-electron chi connectivity index (χ1n) is 8.08. The number of rotatable bonds is 5. The van der Waals surface area contributed by atoms with E-state index in [1.165, 1.54) is 24.3 Å². The molecule has 10 heteroatoms. The minimum atomic E-state index is -4.73. The number of nitrogens with one attached hydrogen (secondary N) is 1. The van der Waals surface area contributed by atoms with E-state index < -0.39 is 12.5 Å². The van der Waals surface area contributed by atoms with Crippen LogP contribution in [0.1, 0.15) is 11.7 Å². The van der Waals surface area contributed by atoms with E-state index in [1.807, 2.05) is 12.1 Å². The third-order valence-electron chi connectivity index (χ3n) is 3.79. The highest BCUT2D eigenvalue weighted by Gasteiger charge is 2.31. The Bertz CT molecular complexity index is 972. The maximum atomic E-state index is 12.2. The summed E-state index contributed by atoms with van der Waals surface area (Å²) in [5.74, 6) is 0.623. The first kappa shape index (κ1) is 17.9. The lowest BCUT2D eigenvalue weighted by Crippen LogP contribution is -2.17. The molecule has 2 aromatic carbocycles. The fourth-order valence-electron chi connectivity index (χ4n) is 2.57. The molecule has 0 unspecified atom stereocenters. The van der Waals surface area contributed by atoms with Crippen LogP contribution >= 0.6 is 0 Å². The lowest BCUT2D eigenvalue weighted by molar-refractivity contribution is -0.274. The molecule has 0 spiro atoms. The maximum Gasteiger partial charge on any atom is 0.573 e. The van der Waals surface area contributed by atoms with Crippen molar-refractivity contribution in [2.75, 3.05) is 0 Å². The fraction of sp³-hybridized carbons (Fsp3) is 0.111. The minimum Gasteiger partial charge on any atom is -0.439 e. The van der Waals surface area contributed by atoms with Crippen LogP contribution < -0.4 is 15.0 Å². The van der Waals surface area contributed by atoms with Gasteiger partial charge in [-0.1, -0.05) is 18.2 Å². The van der Waals surface area contributed by atoms with Crippen LogP contribution in [0.25, 0.3) is 5.69 Å². The molecule has 0 bridgehead atoms. The zero-order chi connectivity index (χ0) is 19.6. The van der Waals surface area contributed by atoms with Gasteiger partial charge in [-0.15, -0.1) is 23.4 Å². The third kappa shape index (κ3) is 4.23. The first-order chi connectivity index (χ1) is 13.5. The molecule has 1 N–H and O–H groups in total. The van der Waals surface area contributed by atoms with Gasteiger partial charge in [0, 0.05) is 12.1 Å². The predicted octanol–water partition coefficient (Wildman–Crippen LogP) is 3.66. The molecule has 3 aromatic rings. The molecule has 0 amide bonds. The van der Waals surface area contributed by atoms with Gasteiger partial charge in [0.2, 0.25) is 5.88 Å². The largest absolute Gasteiger partial charge is 0.573 e. The fourth-order valence-corrected chi connectivity index (χ4v) is 2.57. The van der Waals surface area contributed by atoms with Crippen LogP contribution in [0.2, 0.25) is 0 Å². The Morgan fingerprint density at radius 2 is 1.75 bits per heavy atom. The number of hydroxylamine groups is 1. The summed E-state index contributed by atoms with van der Waals surface area (Å²) in [5, 5.41) is 7.52. The quantitative estimate of drug-likeness (QED) is 0.717. The molecule has 28 heavy (non-hydrogen) atoms. The summed E-state index contributed by atoms with van der Waals surface area (Å²) in [4.78, 5) is 5.41. The Hall–Kier alpha value is -3.53. The van der Waals surface area contributed by atoms with E-state index in [4.69, 9.17) is 9.57 Å². The van der Waals surface area contributed by atoms with Gasteiger partial charge in [0.25, 0.3) is 0 Å². The molecule has 2 heterocycles. The molecule has 1 aliphatic heterocycles. The second-order valence-corrected chi connectivity index (χ2v) is 5.76. The number of halogens is 3. The Morgan fingerprint density at radius 1 is 1.00 bits per heavy atom. The maximum absolute atomic E-state index is 12.2. The summed E-state index contributed by atoms with van der Waals surface area (Å²) in [6.45, 7) is 0. The molecule has 144 valence electrons. The lowest BCUT2D eigenvalue weighted by Gasteiger charge is -2.11. The van der Waals surface area contributed by atoms with Gasteiger partial charge in [0.1, 0.15) is 30.3 Å². The number of benzene rings is 2. The van der Waals surface area contributed by atoms with Crippen molar-refractivity contribution < 1.29 is 27.5 Å². The second-order valence-electron chi connectivity index (χ2n) is 5.76. The minimum absolute atomic E-state index is 0.298. The van der Waals surface area contributed by atoms with Gasteiger partial charge in [-0.25, -0.2) is 5.48 Å². The number of hydrogen-bond acceptors (Lipinski definition) is 6. The predicted molar refractivity (Wildman–Crippen MR) is 90.2 cm³/mol. The molecule has 0 aliphatic carbocycles. The van der Waals surface area contributed by atoms with Crippen molar-refractivity contribution in [3.8, 4) is 17.2 Å². The number of ether oxygens (including phenoxy) is 2. The molecule has 1 aromatic heterocycles. The standard InChI is InChI=1S/C18H13F3N4O3/c19-18(20,21)27-14-6-4-12(5-7-14)16-9-17(24-28-16)26-15-3-1-2-13(8-15)25-10-22-23-11-25/h1-11,16,24H/t16-/m1/s1. The van der Waals surface area contributed by atoms with E-state index in [-0.39, 0.29) is 5.75 Å². The molecular formula is C18H13F3N4O3. The summed E-state index contributed by atoms with van der Waals surface area (Å²) < 4.78 is 48.0. The van der Waals surface area contributed by atoms with Crippen molar-refractivity contribution in [1.29, 1.82) is 0 Å². The number of hydrogen-bond donors (Lipinski definition) is 1. The highest BCUT2D eigenvalue weighted by Crippen LogP contribution is 2.29. The summed E-state index contributed by atoms with van der Waals surface area (Å²) in [7, 11) is 0. The van der Waals surface area contributed by atoms with Crippen molar-refractivity contribution in [3.05, 3.63) is 78.7 Å². The monoisotopic (exact) mass is 390 g/mol. The van der Waals surface area contributed by atoms with E-state index >= 15 is 0 Å². The van der Waals surface area contributed by atoms with Gasteiger partial charge < -0.3 is 9.47 Å². The van der Waals surface area contributed by atoms with Crippen LogP contribution in [0, 0.1) is 0 Å². The van der Waals surface area contributed by atoms with Crippen molar-refractivity contribution >= 4 is 0 Å². The van der Waals surface area contributed by atoms with Gasteiger partial charge in [-0.3, -0.25) is 9.40 Å². The molecule has 0 saturated heterocycles. The second kappa shape index (κ2) is 7.24. The zero-order valence-electron chi connectivity index (χ0n) is 14.1. The third-order valence-corrected chi connectivity index (χ3v) is 3.79. The number of nitrogens with zero attached hydrogens (tertiary/aromatic N) is 3. The molecule has 0 saturated carbocycles. The molecule has 0 radical (unpaired) electrons. The van der Waals surface area contributed by atoms with E-state index in [2.05, 4.69) is 20.4 Å². The average Bonchev–Trinajstić information content (AvgIpc) is 3.33. The highest BCUT2D eigenvalue weighted by molar-refractivity contribution is 5.40.